The highest BCUT2D eigenvalue weighted by atomic mass is 32.3. The Balaban J connectivity index is 2.57. The van der Waals surface area contributed by atoms with E-state index < -0.39 is 21.2 Å². The molecule has 0 saturated heterocycles. The summed E-state index contributed by atoms with van der Waals surface area (Å²) in [4.78, 5) is 4.31. The van der Waals surface area contributed by atoms with Gasteiger partial charge in [-0.1, -0.05) is 29.7 Å². The molecular formula is C21H36BN2O3S. The molecule has 0 aliphatic rings. The molecule has 0 unspecified atom stereocenters. The van der Waals surface area contributed by atoms with Gasteiger partial charge in [0.1, 0.15) is 6.73 Å². The fourth-order valence-electron chi connectivity index (χ4n) is 1.89. The van der Waals surface area contributed by atoms with Gasteiger partial charge < -0.3 is 20.2 Å². The molecule has 157 valence electrons. The van der Waals surface area contributed by atoms with Gasteiger partial charge in [0.05, 0.1) is 17.8 Å². The van der Waals surface area contributed by atoms with E-state index in [4.69, 9.17) is 15.1 Å². The number of nitrogens with two attached hydrogens (primary N) is 1. The zero-order chi connectivity index (χ0) is 21.4. The summed E-state index contributed by atoms with van der Waals surface area (Å²) in [5, 5.41) is 10.2. The minimum Gasteiger partial charge on any atom is -0.427 e. The van der Waals surface area contributed by atoms with Crippen molar-refractivity contribution in [3.8, 4) is 0 Å². The highest BCUT2D eigenvalue weighted by molar-refractivity contribution is 8.32. The number of hydrogen-bond donors (Lipinski definition) is 2. The van der Waals surface area contributed by atoms with Crippen LogP contribution in [0.3, 0.4) is 0 Å². The van der Waals surface area contributed by atoms with E-state index in [0.717, 1.165) is 29.0 Å². The predicted molar refractivity (Wildman–Crippen MR) is 125 cm³/mol. The Morgan fingerprint density at radius 2 is 1.79 bits per heavy atom. The van der Waals surface area contributed by atoms with E-state index in [0.29, 0.717) is 6.73 Å². The lowest BCUT2D eigenvalue weighted by Crippen LogP contribution is -2.49. The molecule has 0 aliphatic heterocycles. The molecule has 0 spiro atoms. The molecule has 3 N–H and O–H groups in total. The first-order valence-electron chi connectivity index (χ1n) is 9.35. The third kappa shape index (κ3) is 8.82. The van der Waals surface area contributed by atoms with Gasteiger partial charge in [0.15, 0.2) is 0 Å². The maximum Gasteiger partial charge on any atom is 0.330 e. The van der Waals surface area contributed by atoms with Crippen LogP contribution in [0.15, 0.2) is 35.5 Å². The molecule has 0 bridgehead atoms. The van der Waals surface area contributed by atoms with Crippen molar-refractivity contribution in [2.24, 2.45) is 10.7 Å². The van der Waals surface area contributed by atoms with Crippen LogP contribution in [0.2, 0.25) is 0 Å². The normalized spacial score (nSPS) is 14.5. The van der Waals surface area contributed by atoms with Crippen LogP contribution < -0.4 is 11.2 Å². The third-order valence-electron chi connectivity index (χ3n) is 4.62. The summed E-state index contributed by atoms with van der Waals surface area (Å²) in [6.45, 7) is 8.23. The van der Waals surface area contributed by atoms with Crippen molar-refractivity contribution < 1.29 is 14.5 Å². The molecule has 0 amide bonds. The fraction of sp³-hybridized carbons (Fsp3) is 0.571. The van der Waals surface area contributed by atoms with E-state index >= 15 is 0 Å². The summed E-state index contributed by atoms with van der Waals surface area (Å²) in [5.41, 5.74) is 6.80. The van der Waals surface area contributed by atoms with Gasteiger partial charge >= 0.3 is 7.48 Å². The summed E-state index contributed by atoms with van der Waals surface area (Å²) < 4.78 is 11.3. The quantitative estimate of drug-likeness (QED) is 0.336. The van der Waals surface area contributed by atoms with Crippen molar-refractivity contribution in [2.75, 3.05) is 37.9 Å². The van der Waals surface area contributed by atoms with Crippen molar-refractivity contribution in [1.29, 1.82) is 0 Å². The molecule has 1 radical (unpaired) electrons. The minimum absolute atomic E-state index is 0.332. The summed E-state index contributed by atoms with van der Waals surface area (Å²) >= 11 is 0. The molecule has 0 fully saturated rings. The van der Waals surface area contributed by atoms with E-state index in [1.165, 1.54) is 6.20 Å². The molecule has 5 nitrogen and oxygen atoms in total. The number of allylic oxidation sites excluding steroid dienone is 1. The fourth-order valence-corrected chi connectivity index (χ4v) is 2.51. The molecule has 28 heavy (non-hydrogen) atoms. The Kier molecular flexibility index (Phi) is 9.27. The summed E-state index contributed by atoms with van der Waals surface area (Å²) in [7, 11) is 1.12. The zero-order valence-electron chi connectivity index (χ0n) is 18.4. The van der Waals surface area contributed by atoms with Crippen molar-refractivity contribution in [3.63, 3.8) is 0 Å². The number of aliphatic hydroxyl groups is 1. The largest absolute Gasteiger partial charge is 0.427 e. The van der Waals surface area contributed by atoms with Crippen LogP contribution in [0.5, 0.6) is 0 Å². The van der Waals surface area contributed by atoms with Gasteiger partial charge in [-0.25, -0.2) is 10.0 Å². The van der Waals surface area contributed by atoms with Gasteiger partial charge in [0.25, 0.3) is 0 Å². The molecule has 0 aromatic heterocycles. The molecule has 1 rings (SSSR count). The summed E-state index contributed by atoms with van der Waals surface area (Å²) in [6, 6.07) is 7.80. The lowest BCUT2D eigenvalue weighted by atomic mass is 9.82. The molecule has 1 aromatic rings. The summed E-state index contributed by atoms with van der Waals surface area (Å²) in [6.07, 6.45) is 10.1. The standard InChI is InChI=1S/C21H36BN2O3S/c1-20(2,25)21(3,4)27-22-19-10-8-17(9-11-19)18(14-23)15-24-16-26-12-13-28(5,6)7/h8-11,14-15,25H,12-13,16,23H2,1-7H3/b18-14+,24-15+. The van der Waals surface area contributed by atoms with Crippen LogP contribution in [-0.2, 0) is 9.39 Å². The van der Waals surface area contributed by atoms with E-state index in [1.54, 1.807) is 27.5 Å². The lowest BCUT2D eigenvalue weighted by Gasteiger charge is -2.37. The van der Waals surface area contributed by atoms with E-state index in [-0.39, 0.29) is 0 Å². The molecule has 7 heteroatoms. The van der Waals surface area contributed by atoms with Crippen molar-refractivity contribution in [1.82, 2.24) is 0 Å². The first-order chi connectivity index (χ1) is 12.9. The molecule has 0 aliphatic carbocycles. The molecule has 0 heterocycles. The topological polar surface area (TPSA) is 77.1 Å². The average Bonchev–Trinajstić information content (AvgIpc) is 2.58. The van der Waals surface area contributed by atoms with Crippen LogP contribution in [0.1, 0.15) is 33.3 Å². The van der Waals surface area contributed by atoms with Crippen LogP contribution in [0, 0.1) is 0 Å². The molecule has 1 aromatic carbocycles. The van der Waals surface area contributed by atoms with Crippen molar-refractivity contribution in [3.05, 3.63) is 36.0 Å². The van der Waals surface area contributed by atoms with Crippen molar-refractivity contribution in [2.45, 2.75) is 38.9 Å². The highest BCUT2D eigenvalue weighted by Crippen LogP contribution is 2.33. The molecule has 0 saturated carbocycles. The number of benzene rings is 1. The van der Waals surface area contributed by atoms with Crippen molar-refractivity contribution >= 4 is 34.8 Å². The second kappa shape index (κ2) is 10.5. The minimum atomic E-state index is -0.953. The number of nitrogens with zero attached hydrogens (tertiary/aromatic N) is 1. The predicted octanol–water partition coefficient (Wildman–Crippen LogP) is 2.54. The first-order valence-corrected chi connectivity index (χ1v) is 12.4. The van der Waals surface area contributed by atoms with Crippen LogP contribution in [-0.4, -0.2) is 67.9 Å². The van der Waals surface area contributed by atoms with Gasteiger partial charge in [-0.15, -0.1) is 0 Å². The summed E-state index contributed by atoms with van der Waals surface area (Å²) in [5.74, 6) is 1.08. The Hall–Kier alpha value is -1.28. The van der Waals surface area contributed by atoms with Gasteiger partial charge in [-0.3, -0.25) is 4.99 Å². The Morgan fingerprint density at radius 3 is 2.29 bits per heavy atom. The van der Waals surface area contributed by atoms with Crippen LogP contribution in [0.4, 0.5) is 0 Å². The Bertz CT molecular complexity index is 660. The monoisotopic (exact) mass is 407 g/mol. The smallest absolute Gasteiger partial charge is 0.330 e. The second-order valence-electron chi connectivity index (χ2n) is 8.69. The number of ether oxygens (including phenoxy) is 1. The van der Waals surface area contributed by atoms with Gasteiger partial charge in [0.2, 0.25) is 0 Å². The van der Waals surface area contributed by atoms with Gasteiger partial charge in [-0.2, -0.15) is 0 Å². The average molecular weight is 407 g/mol. The van der Waals surface area contributed by atoms with E-state index in [1.807, 2.05) is 38.1 Å². The van der Waals surface area contributed by atoms with Crippen LogP contribution >= 0.6 is 10.0 Å². The Morgan fingerprint density at radius 1 is 1.18 bits per heavy atom. The van der Waals surface area contributed by atoms with Gasteiger partial charge in [0, 0.05) is 23.7 Å². The van der Waals surface area contributed by atoms with Gasteiger partial charge in [-0.05, 0) is 52.0 Å². The highest BCUT2D eigenvalue weighted by Gasteiger charge is 2.35. The SMILES string of the molecule is CC(C)(O)C(C)(C)O[B]c1ccc(C(=C/N)/C=N/COCCS(C)(C)C)cc1. The Labute approximate surface area is 173 Å². The number of rotatable bonds is 11. The van der Waals surface area contributed by atoms with E-state index in [9.17, 15) is 5.11 Å². The second-order valence-corrected chi connectivity index (χ2v) is 13.3. The third-order valence-corrected chi connectivity index (χ3v) is 6.01. The lowest BCUT2D eigenvalue weighted by molar-refractivity contribution is -0.0893. The number of aliphatic imine (C=N–C) groups is 1. The number of hydrogen-bond acceptors (Lipinski definition) is 5. The zero-order valence-corrected chi connectivity index (χ0v) is 19.2. The maximum atomic E-state index is 10.2. The first kappa shape index (κ1) is 24.8. The van der Waals surface area contributed by atoms with Crippen LogP contribution in [0.25, 0.3) is 5.57 Å². The maximum absolute atomic E-state index is 10.2. The molecular weight excluding hydrogens is 371 g/mol. The van der Waals surface area contributed by atoms with E-state index in [2.05, 4.69) is 23.8 Å². The molecule has 0 atom stereocenters.